The molecule has 0 radical (unpaired) electrons. The summed E-state index contributed by atoms with van der Waals surface area (Å²) in [5.74, 6) is 0. The first kappa shape index (κ1) is 11.5. The molecule has 5 heteroatoms. The van der Waals surface area contributed by atoms with Gasteiger partial charge in [-0.2, -0.15) is 0 Å². The Morgan fingerprint density at radius 1 is 1.33 bits per heavy atom. The smallest absolute Gasteiger partial charge is 0.205 e. The summed E-state index contributed by atoms with van der Waals surface area (Å²) in [6.07, 6.45) is 1.13. The number of para-hydroxylation sites is 1. The second-order valence-corrected chi connectivity index (χ2v) is 5.39. The standard InChI is InChI=1S/C13H16N4S/c1-2-14-13-16-15-12(18-13)9-17-8-7-10-5-3-4-6-11(10)17/h3-6H,2,7-9H2,1H3,(H,14,16). The molecule has 2 aromatic rings. The predicted octanol–water partition coefficient (Wildman–Crippen LogP) is 2.53. The lowest BCUT2D eigenvalue weighted by Crippen LogP contribution is -2.19. The molecule has 1 N–H and O–H groups in total. The van der Waals surface area contributed by atoms with Gasteiger partial charge in [0.1, 0.15) is 5.01 Å². The van der Waals surface area contributed by atoms with E-state index in [9.17, 15) is 0 Å². The summed E-state index contributed by atoms with van der Waals surface area (Å²) in [5.41, 5.74) is 2.78. The van der Waals surface area contributed by atoms with E-state index in [0.717, 1.165) is 36.2 Å². The van der Waals surface area contributed by atoms with Gasteiger partial charge >= 0.3 is 0 Å². The molecule has 94 valence electrons. The number of nitrogens with zero attached hydrogens (tertiary/aromatic N) is 3. The van der Waals surface area contributed by atoms with Gasteiger partial charge in [-0.05, 0) is 25.0 Å². The summed E-state index contributed by atoms with van der Waals surface area (Å²) in [6, 6.07) is 8.60. The van der Waals surface area contributed by atoms with Crippen molar-refractivity contribution < 1.29 is 0 Å². The summed E-state index contributed by atoms with van der Waals surface area (Å²) >= 11 is 1.64. The van der Waals surface area contributed by atoms with Gasteiger partial charge in [0.15, 0.2) is 0 Å². The third kappa shape index (κ3) is 2.18. The SMILES string of the molecule is CCNc1nnc(CN2CCc3ccccc32)s1. The largest absolute Gasteiger partial charge is 0.364 e. The van der Waals surface area contributed by atoms with E-state index in [-0.39, 0.29) is 0 Å². The van der Waals surface area contributed by atoms with Crippen molar-refractivity contribution in [3.05, 3.63) is 34.8 Å². The maximum absolute atomic E-state index is 4.24. The number of aromatic nitrogens is 2. The number of nitrogens with one attached hydrogen (secondary N) is 1. The molecule has 0 saturated heterocycles. The van der Waals surface area contributed by atoms with Crippen LogP contribution in [0.5, 0.6) is 0 Å². The van der Waals surface area contributed by atoms with Crippen molar-refractivity contribution in [3.8, 4) is 0 Å². The minimum absolute atomic E-state index is 0.861. The fourth-order valence-electron chi connectivity index (χ4n) is 2.27. The lowest BCUT2D eigenvalue weighted by atomic mass is 10.2. The van der Waals surface area contributed by atoms with Crippen LogP contribution in [0.2, 0.25) is 0 Å². The number of hydrogen-bond acceptors (Lipinski definition) is 5. The van der Waals surface area contributed by atoms with Gasteiger partial charge in [0.2, 0.25) is 5.13 Å². The molecule has 0 aliphatic carbocycles. The maximum atomic E-state index is 4.24. The maximum Gasteiger partial charge on any atom is 0.205 e. The third-order valence-corrected chi connectivity index (χ3v) is 3.97. The molecular weight excluding hydrogens is 244 g/mol. The monoisotopic (exact) mass is 260 g/mol. The van der Waals surface area contributed by atoms with Crippen LogP contribution >= 0.6 is 11.3 Å². The second kappa shape index (κ2) is 4.94. The highest BCUT2D eigenvalue weighted by Gasteiger charge is 2.19. The Hall–Kier alpha value is -1.62. The molecule has 1 aliphatic rings. The molecule has 1 aromatic heterocycles. The first-order chi connectivity index (χ1) is 8.86. The highest BCUT2D eigenvalue weighted by Crippen LogP contribution is 2.29. The number of fused-ring (bicyclic) bond motifs is 1. The van der Waals surface area contributed by atoms with Crippen molar-refractivity contribution in [1.29, 1.82) is 0 Å². The fourth-order valence-corrected chi connectivity index (χ4v) is 3.10. The molecule has 0 bridgehead atoms. The molecule has 4 nitrogen and oxygen atoms in total. The molecule has 0 amide bonds. The van der Waals surface area contributed by atoms with E-state index in [4.69, 9.17) is 0 Å². The van der Waals surface area contributed by atoms with E-state index in [1.165, 1.54) is 11.3 Å². The van der Waals surface area contributed by atoms with Crippen molar-refractivity contribution in [3.63, 3.8) is 0 Å². The van der Waals surface area contributed by atoms with E-state index >= 15 is 0 Å². The Labute approximate surface area is 111 Å². The molecule has 0 fully saturated rings. The molecule has 0 saturated carbocycles. The first-order valence-electron chi connectivity index (χ1n) is 6.26. The average molecular weight is 260 g/mol. The highest BCUT2D eigenvalue weighted by atomic mass is 32.1. The topological polar surface area (TPSA) is 41.1 Å². The zero-order chi connectivity index (χ0) is 12.4. The van der Waals surface area contributed by atoms with Crippen molar-refractivity contribution in [1.82, 2.24) is 10.2 Å². The van der Waals surface area contributed by atoms with Gasteiger partial charge < -0.3 is 10.2 Å². The van der Waals surface area contributed by atoms with Crippen molar-refractivity contribution in [2.24, 2.45) is 0 Å². The Morgan fingerprint density at radius 2 is 2.22 bits per heavy atom. The minimum Gasteiger partial charge on any atom is -0.364 e. The van der Waals surface area contributed by atoms with E-state index in [2.05, 4.69) is 51.6 Å². The number of hydrogen-bond donors (Lipinski definition) is 1. The van der Waals surface area contributed by atoms with Gasteiger partial charge in [-0.15, -0.1) is 10.2 Å². The van der Waals surface area contributed by atoms with Crippen LogP contribution in [0.1, 0.15) is 17.5 Å². The fraction of sp³-hybridized carbons (Fsp3) is 0.385. The summed E-state index contributed by atoms with van der Waals surface area (Å²) < 4.78 is 0. The predicted molar refractivity (Wildman–Crippen MR) is 75.3 cm³/mol. The van der Waals surface area contributed by atoms with Crippen LogP contribution < -0.4 is 10.2 Å². The average Bonchev–Trinajstić information content (AvgIpc) is 2.99. The molecular formula is C13H16N4S. The molecule has 0 spiro atoms. The van der Waals surface area contributed by atoms with Crippen molar-refractivity contribution >= 4 is 22.2 Å². The van der Waals surface area contributed by atoms with Gasteiger partial charge in [-0.25, -0.2) is 0 Å². The second-order valence-electron chi connectivity index (χ2n) is 4.33. The van der Waals surface area contributed by atoms with E-state index in [1.54, 1.807) is 11.3 Å². The van der Waals surface area contributed by atoms with Crippen LogP contribution in [0.25, 0.3) is 0 Å². The third-order valence-electron chi connectivity index (χ3n) is 3.10. The van der Waals surface area contributed by atoms with Crippen LogP contribution in [-0.4, -0.2) is 23.3 Å². The minimum atomic E-state index is 0.861. The first-order valence-corrected chi connectivity index (χ1v) is 7.07. The van der Waals surface area contributed by atoms with Crippen LogP contribution in [0.3, 0.4) is 0 Å². The molecule has 1 aromatic carbocycles. The molecule has 18 heavy (non-hydrogen) atoms. The van der Waals surface area contributed by atoms with Gasteiger partial charge in [0, 0.05) is 18.8 Å². The van der Waals surface area contributed by atoms with E-state index < -0.39 is 0 Å². The zero-order valence-corrected chi connectivity index (χ0v) is 11.2. The number of anilines is 2. The van der Waals surface area contributed by atoms with Crippen LogP contribution in [0, 0.1) is 0 Å². The summed E-state index contributed by atoms with van der Waals surface area (Å²) in [4.78, 5) is 2.38. The number of rotatable bonds is 4. The normalized spacial score (nSPS) is 13.7. The Balaban J connectivity index is 1.73. The van der Waals surface area contributed by atoms with Crippen LogP contribution in [-0.2, 0) is 13.0 Å². The van der Waals surface area contributed by atoms with Crippen molar-refractivity contribution in [2.75, 3.05) is 23.3 Å². The lowest BCUT2D eigenvalue weighted by Gasteiger charge is -2.17. The van der Waals surface area contributed by atoms with E-state index in [1.807, 2.05) is 0 Å². The number of benzene rings is 1. The van der Waals surface area contributed by atoms with E-state index in [0.29, 0.717) is 0 Å². The zero-order valence-electron chi connectivity index (χ0n) is 10.4. The molecule has 3 rings (SSSR count). The Kier molecular flexibility index (Phi) is 3.15. The summed E-state index contributed by atoms with van der Waals surface area (Å²) in [7, 11) is 0. The molecule has 0 unspecified atom stereocenters. The van der Waals surface area contributed by atoms with Crippen LogP contribution in [0.4, 0.5) is 10.8 Å². The van der Waals surface area contributed by atoms with Gasteiger partial charge in [0.05, 0.1) is 6.54 Å². The quantitative estimate of drug-likeness (QED) is 0.917. The highest BCUT2D eigenvalue weighted by molar-refractivity contribution is 7.15. The lowest BCUT2D eigenvalue weighted by molar-refractivity contribution is 0.816. The van der Waals surface area contributed by atoms with Gasteiger partial charge in [-0.3, -0.25) is 0 Å². The molecule has 0 atom stereocenters. The van der Waals surface area contributed by atoms with Crippen LogP contribution in [0.15, 0.2) is 24.3 Å². The Morgan fingerprint density at radius 3 is 3.11 bits per heavy atom. The molecule has 2 heterocycles. The van der Waals surface area contributed by atoms with Gasteiger partial charge in [-0.1, -0.05) is 29.5 Å². The van der Waals surface area contributed by atoms with Crippen molar-refractivity contribution in [2.45, 2.75) is 19.9 Å². The molecule has 1 aliphatic heterocycles. The summed E-state index contributed by atoms with van der Waals surface area (Å²) in [5, 5.41) is 13.6. The van der Waals surface area contributed by atoms with Gasteiger partial charge in [0.25, 0.3) is 0 Å². The summed E-state index contributed by atoms with van der Waals surface area (Å²) in [6.45, 7) is 4.90. The Bertz CT molecular complexity index is 537.